The molecule has 0 bridgehead atoms. The number of rotatable bonds is 5. The second kappa shape index (κ2) is 7.63. The van der Waals surface area contributed by atoms with Crippen LogP contribution in [0.3, 0.4) is 0 Å². The summed E-state index contributed by atoms with van der Waals surface area (Å²) in [5.74, 6) is 1.17. The van der Waals surface area contributed by atoms with E-state index in [0.717, 1.165) is 57.0 Å². The first kappa shape index (κ1) is 18.5. The van der Waals surface area contributed by atoms with Crippen molar-refractivity contribution < 1.29 is 9.59 Å². The average Bonchev–Trinajstić information content (AvgIpc) is 3.05. The van der Waals surface area contributed by atoms with Gasteiger partial charge < -0.3 is 9.80 Å². The minimum atomic E-state index is -0.242. The Morgan fingerprint density at radius 2 is 1.93 bits per heavy atom. The van der Waals surface area contributed by atoms with E-state index >= 15 is 0 Å². The summed E-state index contributed by atoms with van der Waals surface area (Å²) in [5.41, 5.74) is 0.671. The van der Waals surface area contributed by atoms with Crippen LogP contribution >= 0.6 is 0 Å². The molecule has 27 heavy (non-hydrogen) atoms. The molecule has 1 spiro atoms. The Kier molecular flexibility index (Phi) is 5.22. The summed E-state index contributed by atoms with van der Waals surface area (Å²) in [6, 6.07) is 9.75. The summed E-state index contributed by atoms with van der Waals surface area (Å²) in [7, 11) is 1.83. The van der Waals surface area contributed by atoms with Crippen molar-refractivity contribution in [2.24, 2.45) is 11.3 Å². The highest BCUT2D eigenvalue weighted by atomic mass is 16.2. The lowest BCUT2D eigenvalue weighted by atomic mass is 9.77. The summed E-state index contributed by atoms with van der Waals surface area (Å²) in [5, 5.41) is 0. The molecule has 0 N–H and O–H groups in total. The van der Waals surface area contributed by atoms with Crippen molar-refractivity contribution in [3.63, 3.8) is 0 Å². The van der Waals surface area contributed by atoms with Crippen LogP contribution in [-0.4, -0.2) is 61.4 Å². The average molecular weight is 370 g/mol. The molecule has 146 valence electrons. The molecule has 1 atom stereocenters. The summed E-state index contributed by atoms with van der Waals surface area (Å²) in [4.78, 5) is 32.0. The van der Waals surface area contributed by atoms with Crippen LogP contribution in [0.15, 0.2) is 30.3 Å². The second-order valence-electron chi connectivity index (χ2n) is 8.68. The van der Waals surface area contributed by atoms with Crippen molar-refractivity contribution in [3.8, 4) is 0 Å². The highest BCUT2D eigenvalue weighted by Gasteiger charge is 2.48. The maximum atomic E-state index is 13.2. The lowest BCUT2D eigenvalue weighted by molar-refractivity contribution is -0.147. The molecule has 1 aromatic carbocycles. The zero-order valence-electron chi connectivity index (χ0n) is 16.4. The summed E-state index contributed by atoms with van der Waals surface area (Å²) < 4.78 is 0. The van der Waals surface area contributed by atoms with Gasteiger partial charge in [0.2, 0.25) is 11.8 Å². The van der Waals surface area contributed by atoms with E-state index in [0.29, 0.717) is 12.5 Å². The number of nitrogens with zero attached hydrogens (tertiary/aromatic N) is 3. The van der Waals surface area contributed by atoms with Crippen molar-refractivity contribution in [1.82, 2.24) is 9.80 Å². The standard InChI is InChI=1S/C22H31N3O2/c1-23(19-9-3-2-4-10-19)20(26)16-24-14-12-22(17-24)11-6-13-25(21(22)27)15-18-7-5-8-18/h2-4,9-10,18H,5-8,11-17H2,1H3/t22-/m0/s1. The van der Waals surface area contributed by atoms with Gasteiger partial charge in [0.15, 0.2) is 0 Å². The van der Waals surface area contributed by atoms with Gasteiger partial charge >= 0.3 is 0 Å². The quantitative estimate of drug-likeness (QED) is 0.802. The van der Waals surface area contributed by atoms with E-state index in [-0.39, 0.29) is 11.3 Å². The van der Waals surface area contributed by atoms with E-state index in [9.17, 15) is 9.59 Å². The molecule has 2 heterocycles. The van der Waals surface area contributed by atoms with Gasteiger partial charge in [0.25, 0.3) is 0 Å². The van der Waals surface area contributed by atoms with Gasteiger partial charge in [0.1, 0.15) is 0 Å². The zero-order chi connectivity index (χ0) is 18.9. The van der Waals surface area contributed by atoms with Crippen molar-refractivity contribution in [3.05, 3.63) is 30.3 Å². The predicted octanol–water partition coefficient (Wildman–Crippen LogP) is 2.76. The van der Waals surface area contributed by atoms with Gasteiger partial charge in [-0.3, -0.25) is 14.5 Å². The molecule has 2 amide bonds. The molecule has 2 aliphatic heterocycles. The molecular formula is C22H31N3O2. The van der Waals surface area contributed by atoms with E-state index in [2.05, 4.69) is 9.80 Å². The van der Waals surface area contributed by atoms with Crippen LogP contribution in [0.25, 0.3) is 0 Å². The summed E-state index contributed by atoms with van der Waals surface area (Å²) >= 11 is 0. The van der Waals surface area contributed by atoms with Gasteiger partial charge in [-0.15, -0.1) is 0 Å². The highest BCUT2D eigenvalue weighted by molar-refractivity contribution is 5.94. The fourth-order valence-corrected chi connectivity index (χ4v) is 4.88. The molecule has 0 aromatic heterocycles. The Morgan fingerprint density at radius 3 is 2.63 bits per heavy atom. The predicted molar refractivity (Wildman–Crippen MR) is 106 cm³/mol. The number of anilines is 1. The van der Waals surface area contributed by atoms with Crippen LogP contribution in [0.1, 0.15) is 38.5 Å². The normalized spacial score (nSPS) is 26.4. The van der Waals surface area contributed by atoms with E-state index in [1.54, 1.807) is 4.90 Å². The van der Waals surface area contributed by atoms with Crippen LogP contribution in [0.5, 0.6) is 0 Å². The fourth-order valence-electron chi connectivity index (χ4n) is 4.88. The van der Waals surface area contributed by atoms with E-state index in [1.807, 2.05) is 37.4 Å². The first-order valence-electron chi connectivity index (χ1n) is 10.4. The first-order valence-corrected chi connectivity index (χ1v) is 10.4. The number of hydrogen-bond donors (Lipinski definition) is 0. The van der Waals surface area contributed by atoms with Gasteiger partial charge in [0, 0.05) is 32.4 Å². The molecule has 1 aromatic rings. The van der Waals surface area contributed by atoms with Crippen molar-refractivity contribution in [2.45, 2.75) is 38.5 Å². The summed E-state index contributed by atoms with van der Waals surface area (Å²) in [6.45, 7) is 3.85. The molecule has 1 aliphatic carbocycles. The Labute approximate surface area is 162 Å². The van der Waals surface area contributed by atoms with Crippen LogP contribution < -0.4 is 4.90 Å². The second-order valence-corrected chi connectivity index (χ2v) is 8.68. The molecule has 1 saturated carbocycles. The van der Waals surface area contributed by atoms with Crippen molar-refractivity contribution in [2.75, 3.05) is 44.7 Å². The third-order valence-electron chi connectivity index (χ3n) is 6.84. The zero-order valence-corrected chi connectivity index (χ0v) is 16.4. The first-order chi connectivity index (χ1) is 13.1. The number of piperidine rings is 1. The van der Waals surface area contributed by atoms with Crippen LogP contribution in [0, 0.1) is 11.3 Å². The molecule has 5 nitrogen and oxygen atoms in total. The molecule has 3 aliphatic rings. The number of carbonyl (C=O) groups excluding carboxylic acids is 2. The number of carbonyl (C=O) groups is 2. The molecule has 5 heteroatoms. The van der Waals surface area contributed by atoms with Crippen LogP contribution in [-0.2, 0) is 9.59 Å². The molecule has 0 unspecified atom stereocenters. The molecule has 2 saturated heterocycles. The van der Waals surface area contributed by atoms with Gasteiger partial charge in [-0.05, 0) is 56.7 Å². The van der Waals surface area contributed by atoms with E-state index < -0.39 is 0 Å². The number of likely N-dealkylation sites (N-methyl/N-ethyl adjacent to an activating group) is 1. The number of likely N-dealkylation sites (tertiary alicyclic amines) is 2. The van der Waals surface area contributed by atoms with E-state index in [4.69, 9.17) is 0 Å². The maximum absolute atomic E-state index is 13.2. The van der Waals surface area contributed by atoms with Crippen molar-refractivity contribution in [1.29, 1.82) is 0 Å². The number of para-hydroxylation sites is 1. The number of benzene rings is 1. The molecular weight excluding hydrogens is 338 g/mol. The molecule has 0 radical (unpaired) electrons. The lowest BCUT2D eigenvalue weighted by Gasteiger charge is -2.42. The van der Waals surface area contributed by atoms with Gasteiger partial charge in [-0.1, -0.05) is 24.6 Å². The minimum absolute atomic E-state index is 0.0906. The number of amides is 2. The molecule has 3 fully saturated rings. The minimum Gasteiger partial charge on any atom is -0.342 e. The topological polar surface area (TPSA) is 43.9 Å². The third kappa shape index (κ3) is 3.75. The largest absolute Gasteiger partial charge is 0.342 e. The Balaban J connectivity index is 1.36. The third-order valence-corrected chi connectivity index (χ3v) is 6.84. The fraction of sp³-hybridized carbons (Fsp3) is 0.636. The van der Waals surface area contributed by atoms with Gasteiger partial charge in [-0.2, -0.15) is 0 Å². The Morgan fingerprint density at radius 1 is 1.15 bits per heavy atom. The SMILES string of the molecule is CN(C(=O)CN1CC[C@@]2(CCCN(CC3CCC3)C2=O)C1)c1ccccc1. The lowest BCUT2D eigenvalue weighted by Crippen LogP contribution is -2.52. The van der Waals surface area contributed by atoms with Gasteiger partial charge in [-0.25, -0.2) is 0 Å². The number of hydrogen-bond acceptors (Lipinski definition) is 3. The van der Waals surface area contributed by atoms with Gasteiger partial charge in [0.05, 0.1) is 12.0 Å². The van der Waals surface area contributed by atoms with Crippen LogP contribution in [0.4, 0.5) is 5.69 Å². The van der Waals surface area contributed by atoms with Crippen molar-refractivity contribution >= 4 is 17.5 Å². The monoisotopic (exact) mass is 369 g/mol. The summed E-state index contributed by atoms with van der Waals surface area (Å²) in [6.07, 6.45) is 6.86. The smallest absolute Gasteiger partial charge is 0.240 e. The Bertz CT molecular complexity index is 688. The Hall–Kier alpha value is -1.88. The molecule has 4 rings (SSSR count). The van der Waals surface area contributed by atoms with E-state index in [1.165, 1.54) is 19.3 Å². The highest BCUT2D eigenvalue weighted by Crippen LogP contribution is 2.41. The maximum Gasteiger partial charge on any atom is 0.240 e. The van der Waals surface area contributed by atoms with Crippen LogP contribution in [0.2, 0.25) is 0 Å².